The van der Waals surface area contributed by atoms with E-state index in [0.29, 0.717) is 18.9 Å². The van der Waals surface area contributed by atoms with Crippen molar-refractivity contribution in [3.8, 4) is 0 Å². The number of carbonyl (C=O) groups excluding carboxylic acids is 1. The average Bonchev–Trinajstić information content (AvgIpc) is 3.24. The van der Waals surface area contributed by atoms with Crippen LogP contribution in [0.3, 0.4) is 0 Å². The van der Waals surface area contributed by atoms with Crippen LogP contribution in [0.15, 0.2) is 49.3 Å². The van der Waals surface area contributed by atoms with Gasteiger partial charge >= 0.3 is 0 Å². The van der Waals surface area contributed by atoms with Crippen molar-refractivity contribution >= 4 is 51.5 Å². The molecule has 5 nitrogen and oxygen atoms in total. The van der Waals surface area contributed by atoms with E-state index in [-0.39, 0.29) is 27.6 Å². The number of likely N-dealkylation sites (tertiary alicyclic amines) is 1. The molecule has 1 N–H and O–H groups in total. The molecule has 1 atom stereocenters. The Bertz CT molecular complexity index is 1120. The fourth-order valence-electron chi connectivity index (χ4n) is 3.54. The number of rotatable bonds is 4. The maximum Gasteiger partial charge on any atom is 0.245 e. The molecule has 0 bridgehead atoms. The van der Waals surface area contributed by atoms with E-state index >= 15 is 0 Å². The lowest BCUT2D eigenvalue weighted by molar-refractivity contribution is -0.125. The predicted molar refractivity (Wildman–Crippen MR) is 113 cm³/mol. The molecule has 0 radical (unpaired) electrons. The van der Waals surface area contributed by atoms with Crippen molar-refractivity contribution in [2.24, 2.45) is 0 Å². The van der Waals surface area contributed by atoms with E-state index in [0.717, 1.165) is 22.9 Å². The SMILES string of the molecule is C=CC(=O)N1CC[C@@H](c2ccc3ncnc(Nc4ccc(Cl)c(Cl)c4F)c3c2)C1. The highest BCUT2D eigenvalue weighted by Gasteiger charge is 2.26. The minimum Gasteiger partial charge on any atom is -0.339 e. The summed E-state index contributed by atoms with van der Waals surface area (Å²) in [4.78, 5) is 22.2. The number of hydrogen-bond donors (Lipinski definition) is 1. The first-order chi connectivity index (χ1) is 14.0. The minimum absolute atomic E-state index is 0.0610. The molecule has 0 unspecified atom stereocenters. The van der Waals surface area contributed by atoms with Gasteiger partial charge in [-0.2, -0.15) is 0 Å². The summed E-state index contributed by atoms with van der Waals surface area (Å²) >= 11 is 11.8. The molecule has 2 aromatic carbocycles. The molecule has 4 rings (SSSR count). The van der Waals surface area contributed by atoms with Crippen molar-refractivity contribution in [1.29, 1.82) is 0 Å². The third kappa shape index (κ3) is 3.78. The van der Waals surface area contributed by atoms with Gasteiger partial charge in [-0.15, -0.1) is 0 Å². The lowest BCUT2D eigenvalue weighted by Gasteiger charge is -2.15. The fourth-order valence-corrected chi connectivity index (χ4v) is 3.85. The molecule has 2 heterocycles. The van der Waals surface area contributed by atoms with E-state index in [1.807, 2.05) is 18.2 Å². The summed E-state index contributed by atoms with van der Waals surface area (Å²) in [5.74, 6) is -0.0326. The number of carbonyl (C=O) groups is 1. The second-order valence-corrected chi connectivity index (χ2v) is 7.61. The first-order valence-electron chi connectivity index (χ1n) is 9.04. The lowest BCUT2D eigenvalue weighted by Crippen LogP contribution is -2.26. The van der Waals surface area contributed by atoms with Gasteiger partial charge in [0.05, 0.1) is 21.2 Å². The lowest BCUT2D eigenvalue weighted by atomic mass is 9.97. The van der Waals surface area contributed by atoms with Crippen molar-refractivity contribution in [3.63, 3.8) is 0 Å². The van der Waals surface area contributed by atoms with Crippen LogP contribution in [-0.4, -0.2) is 33.9 Å². The Kier molecular flexibility index (Phi) is 5.39. The van der Waals surface area contributed by atoms with E-state index in [1.165, 1.54) is 24.5 Å². The Morgan fingerprint density at radius 3 is 2.90 bits per heavy atom. The number of halogens is 3. The molecule has 0 spiro atoms. The first kappa shape index (κ1) is 19.6. The van der Waals surface area contributed by atoms with Crippen LogP contribution in [0.25, 0.3) is 10.9 Å². The van der Waals surface area contributed by atoms with Crippen LogP contribution in [0, 0.1) is 5.82 Å². The van der Waals surface area contributed by atoms with Crippen LogP contribution in [0.4, 0.5) is 15.9 Å². The first-order valence-corrected chi connectivity index (χ1v) is 9.80. The molecule has 3 aromatic rings. The van der Waals surface area contributed by atoms with E-state index in [2.05, 4.69) is 21.9 Å². The Labute approximate surface area is 177 Å². The zero-order chi connectivity index (χ0) is 20.5. The molecular formula is C21H17Cl2FN4O. The molecule has 148 valence electrons. The third-order valence-corrected chi connectivity index (χ3v) is 5.87. The van der Waals surface area contributed by atoms with Gasteiger partial charge < -0.3 is 10.2 Å². The Morgan fingerprint density at radius 1 is 1.28 bits per heavy atom. The molecule has 1 aliphatic rings. The fraction of sp³-hybridized carbons (Fsp3) is 0.190. The van der Waals surface area contributed by atoms with E-state index in [1.54, 1.807) is 4.90 Å². The van der Waals surface area contributed by atoms with Crippen molar-refractivity contribution in [1.82, 2.24) is 14.9 Å². The summed E-state index contributed by atoms with van der Waals surface area (Å²) < 4.78 is 14.5. The van der Waals surface area contributed by atoms with E-state index in [4.69, 9.17) is 23.2 Å². The molecule has 29 heavy (non-hydrogen) atoms. The zero-order valence-electron chi connectivity index (χ0n) is 15.3. The van der Waals surface area contributed by atoms with Crippen LogP contribution < -0.4 is 5.32 Å². The second kappa shape index (κ2) is 7.97. The molecule has 1 aromatic heterocycles. The minimum atomic E-state index is -0.642. The number of amides is 1. The number of fused-ring (bicyclic) bond motifs is 1. The number of nitrogens with zero attached hydrogens (tertiary/aromatic N) is 3. The molecule has 0 saturated carbocycles. The highest BCUT2D eigenvalue weighted by Crippen LogP contribution is 2.34. The molecular weight excluding hydrogens is 414 g/mol. The highest BCUT2D eigenvalue weighted by atomic mass is 35.5. The number of nitrogens with one attached hydrogen (secondary N) is 1. The third-order valence-electron chi connectivity index (χ3n) is 5.09. The molecule has 1 fully saturated rings. The van der Waals surface area contributed by atoms with Gasteiger partial charge in [0.25, 0.3) is 0 Å². The van der Waals surface area contributed by atoms with Gasteiger partial charge in [-0.05, 0) is 42.3 Å². The second-order valence-electron chi connectivity index (χ2n) is 6.82. The maximum absolute atomic E-state index is 14.5. The topological polar surface area (TPSA) is 58.1 Å². The quantitative estimate of drug-likeness (QED) is 0.449. The van der Waals surface area contributed by atoms with Gasteiger partial charge in [-0.25, -0.2) is 14.4 Å². The average molecular weight is 431 g/mol. The smallest absolute Gasteiger partial charge is 0.245 e. The van der Waals surface area contributed by atoms with Gasteiger partial charge in [0.15, 0.2) is 5.82 Å². The highest BCUT2D eigenvalue weighted by molar-refractivity contribution is 6.42. The zero-order valence-corrected chi connectivity index (χ0v) is 16.8. The summed E-state index contributed by atoms with van der Waals surface area (Å²) in [5.41, 5.74) is 1.97. The molecule has 1 aliphatic heterocycles. The van der Waals surface area contributed by atoms with Crippen LogP contribution in [0.5, 0.6) is 0 Å². The summed E-state index contributed by atoms with van der Waals surface area (Å²) in [6.07, 6.45) is 3.62. The van der Waals surface area contributed by atoms with Crippen molar-refractivity contribution in [2.75, 3.05) is 18.4 Å². The maximum atomic E-state index is 14.5. The Morgan fingerprint density at radius 2 is 2.10 bits per heavy atom. The molecule has 0 aliphatic carbocycles. The standard InChI is InChI=1S/C21H17Cl2FN4O/c1-2-18(29)28-8-7-13(10-28)12-3-5-16-14(9-12)21(26-11-25-16)27-17-6-4-15(22)19(23)20(17)24/h2-6,9,11,13H,1,7-8,10H2,(H,25,26,27)/t13-/m1/s1. The molecule has 1 saturated heterocycles. The van der Waals surface area contributed by atoms with Crippen molar-refractivity contribution < 1.29 is 9.18 Å². The summed E-state index contributed by atoms with van der Waals surface area (Å²) in [6.45, 7) is 4.88. The molecule has 8 heteroatoms. The normalized spacial score (nSPS) is 16.2. The number of anilines is 2. The van der Waals surface area contributed by atoms with Crippen LogP contribution in [0.2, 0.25) is 10.0 Å². The van der Waals surface area contributed by atoms with E-state index in [9.17, 15) is 9.18 Å². The molecule has 1 amide bonds. The van der Waals surface area contributed by atoms with Crippen LogP contribution >= 0.6 is 23.2 Å². The van der Waals surface area contributed by atoms with Crippen molar-refractivity contribution in [2.45, 2.75) is 12.3 Å². The largest absolute Gasteiger partial charge is 0.339 e. The Balaban J connectivity index is 1.68. The van der Waals surface area contributed by atoms with Gasteiger partial charge in [-0.3, -0.25) is 4.79 Å². The summed E-state index contributed by atoms with van der Waals surface area (Å²) in [5, 5.41) is 3.74. The van der Waals surface area contributed by atoms with Gasteiger partial charge in [0.1, 0.15) is 12.1 Å². The Hall–Kier alpha value is -2.70. The van der Waals surface area contributed by atoms with Crippen molar-refractivity contribution in [3.05, 3.63) is 70.7 Å². The summed E-state index contributed by atoms with van der Waals surface area (Å²) in [7, 11) is 0. The number of aromatic nitrogens is 2. The van der Waals surface area contributed by atoms with Gasteiger partial charge in [0, 0.05) is 24.4 Å². The van der Waals surface area contributed by atoms with Gasteiger partial charge in [-0.1, -0.05) is 35.8 Å². The van der Waals surface area contributed by atoms with Gasteiger partial charge in [0.2, 0.25) is 5.91 Å². The number of benzene rings is 2. The predicted octanol–water partition coefficient (Wildman–Crippen LogP) is 5.32. The summed E-state index contributed by atoms with van der Waals surface area (Å²) in [6, 6.07) is 8.93. The monoisotopic (exact) mass is 430 g/mol. The number of hydrogen-bond acceptors (Lipinski definition) is 4. The van der Waals surface area contributed by atoms with Crippen LogP contribution in [0.1, 0.15) is 17.9 Å². The van der Waals surface area contributed by atoms with E-state index < -0.39 is 5.82 Å². The van der Waals surface area contributed by atoms with Crippen LogP contribution in [-0.2, 0) is 4.79 Å².